The lowest BCUT2D eigenvalue weighted by molar-refractivity contribution is -0.141. The fourth-order valence-electron chi connectivity index (χ4n) is 4.74. The van der Waals surface area contributed by atoms with Crippen molar-refractivity contribution >= 4 is 11.8 Å². The fraction of sp³-hybridized carbons (Fsp3) is 0.355. The number of hydrogen-bond acceptors (Lipinski definition) is 5. The molecule has 0 aromatic heterocycles. The number of nitrogens with one attached hydrogen (secondary N) is 1. The van der Waals surface area contributed by atoms with Gasteiger partial charge in [0.2, 0.25) is 11.8 Å². The summed E-state index contributed by atoms with van der Waals surface area (Å²) in [6, 6.07) is 24.3. The summed E-state index contributed by atoms with van der Waals surface area (Å²) in [5.74, 6) is 0.832. The van der Waals surface area contributed by atoms with Crippen molar-refractivity contribution in [3.05, 3.63) is 95.6 Å². The van der Waals surface area contributed by atoms with Gasteiger partial charge in [0.15, 0.2) is 11.5 Å². The van der Waals surface area contributed by atoms with Gasteiger partial charge in [-0.25, -0.2) is 0 Å². The molecule has 7 heteroatoms. The zero-order chi connectivity index (χ0) is 26.7. The van der Waals surface area contributed by atoms with Crippen LogP contribution < -0.4 is 14.8 Å². The zero-order valence-electron chi connectivity index (χ0n) is 22.1. The van der Waals surface area contributed by atoms with Gasteiger partial charge in [0, 0.05) is 26.1 Å². The lowest BCUT2D eigenvalue weighted by Crippen LogP contribution is -2.52. The molecule has 0 radical (unpaired) electrons. The molecule has 2 atom stereocenters. The molecular weight excluding hydrogens is 480 g/mol. The van der Waals surface area contributed by atoms with Crippen molar-refractivity contribution in [2.24, 2.45) is 0 Å². The largest absolute Gasteiger partial charge is 0.493 e. The van der Waals surface area contributed by atoms with Crippen LogP contribution in [0.2, 0.25) is 0 Å². The molecule has 0 saturated carbocycles. The molecule has 1 aliphatic rings. The summed E-state index contributed by atoms with van der Waals surface area (Å²) in [4.78, 5) is 29.3. The highest BCUT2D eigenvalue weighted by Crippen LogP contribution is 2.28. The third-order valence-electron chi connectivity index (χ3n) is 6.80. The molecular formula is C31H36N2O5. The molecule has 3 aromatic rings. The SMILES string of the molecule is COc1ccc(CC(=O)N(Cc2ccccc2)[C@H](Cc2ccccc2)C(=O)NC[C@@H]2CCCO2)cc1OC. The number of nitrogens with zero attached hydrogens (tertiary/aromatic N) is 1. The van der Waals surface area contributed by atoms with E-state index in [0.717, 1.165) is 36.1 Å². The topological polar surface area (TPSA) is 77.1 Å². The minimum Gasteiger partial charge on any atom is -0.493 e. The Morgan fingerprint density at radius 2 is 1.61 bits per heavy atom. The third-order valence-corrected chi connectivity index (χ3v) is 6.80. The molecule has 1 heterocycles. The summed E-state index contributed by atoms with van der Waals surface area (Å²) >= 11 is 0. The molecule has 0 spiro atoms. The molecule has 0 bridgehead atoms. The molecule has 0 unspecified atom stereocenters. The van der Waals surface area contributed by atoms with Crippen LogP contribution in [0.5, 0.6) is 11.5 Å². The van der Waals surface area contributed by atoms with Crippen molar-refractivity contribution in [3.63, 3.8) is 0 Å². The van der Waals surface area contributed by atoms with Crippen molar-refractivity contribution < 1.29 is 23.8 Å². The minimum absolute atomic E-state index is 0.0152. The minimum atomic E-state index is -0.688. The molecule has 1 fully saturated rings. The first-order valence-electron chi connectivity index (χ1n) is 13.0. The Morgan fingerprint density at radius 1 is 0.921 bits per heavy atom. The van der Waals surface area contributed by atoms with Crippen molar-refractivity contribution in [2.75, 3.05) is 27.4 Å². The van der Waals surface area contributed by atoms with Crippen LogP contribution in [0.3, 0.4) is 0 Å². The highest BCUT2D eigenvalue weighted by Gasteiger charge is 2.31. The Morgan fingerprint density at radius 3 is 2.24 bits per heavy atom. The molecule has 200 valence electrons. The van der Waals surface area contributed by atoms with Gasteiger partial charge in [-0.15, -0.1) is 0 Å². The van der Waals surface area contributed by atoms with E-state index in [1.54, 1.807) is 31.3 Å². The van der Waals surface area contributed by atoms with Crippen LogP contribution in [0.1, 0.15) is 29.5 Å². The van der Waals surface area contributed by atoms with E-state index >= 15 is 0 Å². The maximum Gasteiger partial charge on any atom is 0.243 e. The van der Waals surface area contributed by atoms with Crippen LogP contribution in [0.25, 0.3) is 0 Å². The highest BCUT2D eigenvalue weighted by atomic mass is 16.5. The number of amides is 2. The second kappa shape index (κ2) is 13.6. The van der Waals surface area contributed by atoms with Gasteiger partial charge in [0.05, 0.1) is 26.7 Å². The predicted molar refractivity (Wildman–Crippen MR) is 146 cm³/mol. The van der Waals surface area contributed by atoms with Gasteiger partial charge < -0.3 is 24.4 Å². The van der Waals surface area contributed by atoms with Crippen LogP contribution in [-0.4, -0.2) is 56.2 Å². The summed E-state index contributed by atoms with van der Waals surface area (Å²) in [5.41, 5.74) is 2.73. The summed E-state index contributed by atoms with van der Waals surface area (Å²) < 4.78 is 16.5. The van der Waals surface area contributed by atoms with Gasteiger partial charge in [-0.1, -0.05) is 66.7 Å². The van der Waals surface area contributed by atoms with E-state index in [9.17, 15) is 9.59 Å². The normalized spacial score (nSPS) is 15.5. The number of hydrogen-bond donors (Lipinski definition) is 1. The smallest absolute Gasteiger partial charge is 0.243 e. The molecule has 2 amide bonds. The van der Waals surface area contributed by atoms with E-state index in [0.29, 0.717) is 31.0 Å². The van der Waals surface area contributed by atoms with Crippen molar-refractivity contribution in [1.82, 2.24) is 10.2 Å². The van der Waals surface area contributed by atoms with Gasteiger partial charge in [-0.2, -0.15) is 0 Å². The fourth-order valence-corrected chi connectivity index (χ4v) is 4.74. The first kappa shape index (κ1) is 27.2. The number of rotatable bonds is 12. The summed E-state index contributed by atoms with van der Waals surface area (Å²) in [7, 11) is 3.15. The Hall–Kier alpha value is -3.84. The van der Waals surface area contributed by atoms with Gasteiger partial charge in [-0.3, -0.25) is 9.59 Å². The molecule has 1 saturated heterocycles. The number of carbonyl (C=O) groups excluding carboxylic acids is 2. The maximum absolute atomic E-state index is 13.9. The Bertz CT molecular complexity index is 1180. The van der Waals surface area contributed by atoms with Crippen LogP contribution in [0, 0.1) is 0 Å². The van der Waals surface area contributed by atoms with Gasteiger partial charge in [0.25, 0.3) is 0 Å². The first-order valence-corrected chi connectivity index (χ1v) is 13.0. The van der Waals surface area contributed by atoms with E-state index in [1.165, 1.54) is 0 Å². The average Bonchev–Trinajstić information content (AvgIpc) is 3.48. The summed E-state index contributed by atoms with van der Waals surface area (Å²) in [5, 5.41) is 3.07. The summed E-state index contributed by atoms with van der Waals surface area (Å²) in [6.45, 7) is 1.48. The molecule has 0 aliphatic carbocycles. The quantitative estimate of drug-likeness (QED) is 0.391. The van der Waals surface area contributed by atoms with E-state index in [4.69, 9.17) is 14.2 Å². The van der Waals surface area contributed by atoms with E-state index < -0.39 is 6.04 Å². The van der Waals surface area contributed by atoms with E-state index in [-0.39, 0.29) is 24.3 Å². The second-order valence-corrected chi connectivity index (χ2v) is 9.46. The molecule has 1 aliphatic heterocycles. The van der Waals surface area contributed by atoms with Gasteiger partial charge in [0.1, 0.15) is 6.04 Å². The molecule has 1 N–H and O–H groups in total. The van der Waals surface area contributed by atoms with Crippen molar-refractivity contribution in [2.45, 2.75) is 44.4 Å². The average molecular weight is 517 g/mol. The lowest BCUT2D eigenvalue weighted by atomic mass is 10.0. The van der Waals surface area contributed by atoms with Crippen LogP contribution in [0.4, 0.5) is 0 Å². The van der Waals surface area contributed by atoms with E-state index in [1.807, 2.05) is 66.7 Å². The number of benzene rings is 3. The zero-order valence-corrected chi connectivity index (χ0v) is 22.1. The molecule has 7 nitrogen and oxygen atoms in total. The van der Waals surface area contributed by atoms with Gasteiger partial charge in [-0.05, 0) is 41.7 Å². The molecule has 4 rings (SSSR count). The molecule has 3 aromatic carbocycles. The Kier molecular flexibility index (Phi) is 9.76. The number of carbonyl (C=O) groups is 2. The van der Waals surface area contributed by atoms with Crippen molar-refractivity contribution in [3.8, 4) is 11.5 Å². The van der Waals surface area contributed by atoms with Crippen LogP contribution in [-0.2, 0) is 33.7 Å². The van der Waals surface area contributed by atoms with Crippen LogP contribution in [0.15, 0.2) is 78.9 Å². The van der Waals surface area contributed by atoms with Crippen molar-refractivity contribution in [1.29, 1.82) is 0 Å². The predicted octanol–water partition coefficient (Wildman–Crippen LogP) is 4.18. The Labute approximate surface area is 224 Å². The van der Waals surface area contributed by atoms with Crippen LogP contribution >= 0.6 is 0 Å². The number of ether oxygens (including phenoxy) is 3. The first-order chi connectivity index (χ1) is 18.6. The second-order valence-electron chi connectivity index (χ2n) is 9.46. The number of methoxy groups -OCH3 is 2. The Balaban J connectivity index is 1.62. The highest BCUT2D eigenvalue weighted by molar-refractivity contribution is 5.89. The van der Waals surface area contributed by atoms with E-state index in [2.05, 4.69) is 5.32 Å². The van der Waals surface area contributed by atoms with Gasteiger partial charge >= 0.3 is 0 Å². The maximum atomic E-state index is 13.9. The monoisotopic (exact) mass is 516 g/mol. The third kappa shape index (κ3) is 7.35. The standard InChI is InChI=1S/C31H36N2O5/c1-36-28-16-15-25(19-29(28)37-2)20-30(34)33(22-24-12-7-4-8-13-24)27(18-23-10-5-3-6-11-23)31(35)32-21-26-14-9-17-38-26/h3-8,10-13,15-16,19,26-27H,9,14,17-18,20-22H2,1-2H3,(H,32,35)/t26-,27+/m0/s1. The lowest BCUT2D eigenvalue weighted by Gasteiger charge is -2.32. The molecule has 38 heavy (non-hydrogen) atoms. The summed E-state index contributed by atoms with van der Waals surface area (Å²) in [6.07, 6.45) is 2.47.